The predicted molar refractivity (Wildman–Crippen MR) is 135 cm³/mol. The summed E-state index contributed by atoms with van der Waals surface area (Å²) in [7, 11) is 1.62. The highest BCUT2D eigenvalue weighted by molar-refractivity contribution is 5.87. The monoisotopic (exact) mass is 483 g/mol. The quantitative estimate of drug-likeness (QED) is 0.370. The molecule has 0 aliphatic carbocycles. The summed E-state index contributed by atoms with van der Waals surface area (Å²) in [6.07, 6.45) is -0.768. The highest BCUT2D eigenvalue weighted by Gasteiger charge is 2.26. The lowest BCUT2D eigenvalue weighted by molar-refractivity contribution is 0.198. The van der Waals surface area contributed by atoms with Gasteiger partial charge < -0.3 is 25.4 Å². The summed E-state index contributed by atoms with van der Waals surface area (Å²) in [5.41, 5.74) is 4.96. The molecule has 5 rings (SSSR count). The van der Waals surface area contributed by atoms with Crippen molar-refractivity contribution in [1.82, 2.24) is 25.0 Å². The number of fused-ring (bicyclic) bond motifs is 1. The first-order valence-electron chi connectivity index (χ1n) is 11.3. The van der Waals surface area contributed by atoms with Gasteiger partial charge in [0.15, 0.2) is 17.3 Å². The molecule has 0 saturated carbocycles. The standard InChI is InChI=1S/C25H25N9O2/c1-14-5-7-23(31-30-14)28-20-10-21-19(11-22(20)36-4)27-13-33(21)24-8-6-18(16(3)35)25(29-24)34-15(2)9-17(12-26)32-34/h5-11,16,27,35H,13H2,1-4H3,(H,28,31). The number of hydrogen-bond donors (Lipinski definition) is 3. The zero-order chi connectivity index (χ0) is 25.4. The Morgan fingerprint density at radius 2 is 2.00 bits per heavy atom. The molecule has 0 spiro atoms. The van der Waals surface area contributed by atoms with Crippen LogP contribution in [-0.2, 0) is 0 Å². The Morgan fingerprint density at radius 1 is 1.17 bits per heavy atom. The van der Waals surface area contributed by atoms with Crippen molar-refractivity contribution in [2.24, 2.45) is 0 Å². The Kier molecular flexibility index (Phi) is 5.87. The fraction of sp³-hybridized carbons (Fsp3) is 0.240. The van der Waals surface area contributed by atoms with E-state index in [-0.39, 0.29) is 5.69 Å². The van der Waals surface area contributed by atoms with Crippen molar-refractivity contribution in [3.63, 3.8) is 0 Å². The largest absolute Gasteiger partial charge is 0.494 e. The summed E-state index contributed by atoms with van der Waals surface area (Å²) in [6.45, 7) is 5.88. The highest BCUT2D eigenvalue weighted by atomic mass is 16.5. The molecule has 1 aliphatic heterocycles. The number of nitrogens with one attached hydrogen (secondary N) is 2. The topological polar surface area (TPSA) is 137 Å². The number of ether oxygens (including phenoxy) is 1. The van der Waals surface area contributed by atoms with Crippen LogP contribution in [0.2, 0.25) is 0 Å². The van der Waals surface area contributed by atoms with Crippen molar-refractivity contribution >= 4 is 28.7 Å². The van der Waals surface area contributed by atoms with Gasteiger partial charge in [-0.25, -0.2) is 9.67 Å². The van der Waals surface area contributed by atoms with Gasteiger partial charge in [0, 0.05) is 17.3 Å². The molecule has 11 heteroatoms. The third kappa shape index (κ3) is 4.14. The first-order chi connectivity index (χ1) is 17.4. The number of anilines is 5. The second-order valence-corrected chi connectivity index (χ2v) is 8.47. The van der Waals surface area contributed by atoms with Crippen molar-refractivity contribution in [2.75, 3.05) is 29.3 Å². The van der Waals surface area contributed by atoms with Crippen molar-refractivity contribution in [3.05, 3.63) is 65.1 Å². The number of pyridine rings is 1. The molecule has 182 valence electrons. The SMILES string of the molecule is COc1cc2c(cc1Nc1ccc(C)nn1)N(c1ccc(C(C)O)c(-n3nc(C#N)cc3C)n1)CN2. The van der Waals surface area contributed by atoms with Crippen LogP contribution in [0.25, 0.3) is 5.82 Å². The Hall–Kier alpha value is -4.69. The van der Waals surface area contributed by atoms with Gasteiger partial charge in [0.1, 0.15) is 17.6 Å². The average molecular weight is 484 g/mol. The van der Waals surface area contributed by atoms with E-state index in [1.54, 1.807) is 24.8 Å². The minimum atomic E-state index is -0.768. The van der Waals surface area contributed by atoms with Gasteiger partial charge in [-0.1, -0.05) is 0 Å². The molecule has 0 saturated heterocycles. The van der Waals surface area contributed by atoms with Crippen LogP contribution < -0.4 is 20.3 Å². The van der Waals surface area contributed by atoms with Crippen molar-refractivity contribution in [2.45, 2.75) is 26.9 Å². The molecule has 3 aromatic heterocycles. The molecule has 1 unspecified atom stereocenters. The maximum Gasteiger partial charge on any atom is 0.163 e. The molecular weight excluding hydrogens is 458 g/mol. The van der Waals surface area contributed by atoms with Gasteiger partial charge in [0.05, 0.1) is 42.6 Å². The van der Waals surface area contributed by atoms with Crippen LogP contribution in [0, 0.1) is 25.2 Å². The number of aryl methyl sites for hydroxylation is 2. The smallest absolute Gasteiger partial charge is 0.163 e. The van der Waals surface area contributed by atoms with Gasteiger partial charge in [-0.05, 0) is 57.2 Å². The average Bonchev–Trinajstić information content (AvgIpc) is 3.47. The van der Waals surface area contributed by atoms with E-state index in [4.69, 9.17) is 9.72 Å². The Labute approximate surface area is 208 Å². The lowest BCUT2D eigenvalue weighted by Crippen LogP contribution is -2.19. The molecule has 0 fully saturated rings. The highest BCUT2D eigenvalue weighted by Crippen LogP contribution is 2.43. The number of aliphatic hydroxyl groups is 1. The molecule has 0 radical (unpaired) electrons. The molecule has 11 nitrogen and oxygen atoms in total. The van der Waals surface area contributed by atoms with Crippen LogP contribution in [0.5, 0.6) is 5.75 Å². The van der Waals surface area contributed by atoms with Crippen LogP contribution in [0.15, 0.2) is 42.5 Å². The van der Waals surface area contributed by atoms with Gasteiger partial charge in [0.2, 0.25) is 0 Å². The van der Waals surface area contributed by atoms with E-state index in [9.17, 15) is 10.4 Å². The molecule has 1 atom stereocenters. The fourth-order valence-corrected chi connectivity index (χ4v) is 4.10. The Bertz CT molecular complexity index is 1470. The van der Waals surface area contributed by atoms with Crippen LogP contribution in [-0.4, -0.2) is 43.8 Å². The zero-order valence-corrected chi connectivity index (χ0v) is 20.3. The van der Waals surface area contributed by atoms with Crippen molar-refractivity contribution < 1.29 is 9.84 Å². The second-order valence-electron chi connectivity index (χ2n) is 8.47. The molecule has 36 heavy (non-hydrogen) atoms. The van der Waals surface area contributed by atoms with Gasteiger partial charge in [0.25, 0.3) is 0 Å². The maximum atomic E-state index is 10.4. The zero-order valence-electron chi connectivity index (χ0n) is 20.3. The molecule has 4 aromatic rings. The van der Waals surface area contributed by atoms with Gasteiger partial charge in [-0.3, -0.25) is 0 Å². The normalized spacial score (nSPS) is 13.1. The summed E-state index contributed by atoms with van der Waals surface area (Å²) in [5.74, 6) is 2.37. The minimum absolute atomic E-state index is 0.284. The number of nitriles is 1. The summed E-state index contributed by atoms with van der Waals surface area (Å²) in [6, 6.07) is 15.1. The first kappa shape index (κ1) is 23.1. The summed E-state index contributed by atoms with van der Waals surface area (Å²) < 4.78 is 7.19. The van der Waals surface area contributed by atoms with Crippen LogP contribution >= 0.6 is 0 Å². The predicted octanol–water partition coefficient (Wildman–Crippen LogP) is 3.87. The van der Waals surface area contributed by atoms with E-state index in [0.29, 0.717) is 35.4 Å². The third-order valence-corrected chi connectivity index (χ3v) is 5.92. The van der Waals surface area contributed by atoms with Crippen molar-refractivity contribution in [1.29, 1.82) is 5.26 Å². The number of aromatic nitrogens is 5. The molecule has 1 aliphatic rings. The van der Waals surface area contributed by atoms with Crippen molar-refractivity contribution in [3.8, 4) is 17.6 Å². The second kappa shape index (κ2) is 9.16. The van der Waals surface area contributed by atoms with E-state index < -0.39 is 6.10 Å². The van der Waals surface area contributed by atoms with Crippen LogP contribution in [0.3, 0.4) is 0 Å². The molecule has 4 heterocycles. The first-order valence-corrected chi connectivity index (χ1v) is 11.3. The number of rotatable bonds is 6. The maximum absolute atomic E-state index is 10.4. The van der Waals surface area contributed by atoms with E-state index in [1.807, 2.05) is 55.1 Å². The van der Waals surface area contributed by atoms with Gasteiger partial charge >= 0.3 is 0 Å². The summed E-state index contributed by atoms with van der Waals surface area (Å²) in [5, 5.41) is 39.0. The van der Waals surface area contributed by atoms with E-state index in [2.05, 4.69) is 32.0 Å². The van der Waals surface area contributed by atoms with Crippen LogP contribution in [0.4, 0.5) is 28.7 Å². The number of benzene rings is 1. The number of hydrogen-bond acceptors (Lipinski definition) is 10. The van der Waals surface area contributed by atoms with E-state index in [1.165, 1.54) is 0 Å². The van der Waals surface area contributed by atoms with Gasteiger partial charge in [-0.15, -0.1) is 5.10 Å². The number of aliphatic hydroxyl groups excluding tert-OH is 1. The molecule has 3 N–H and O–H groups in total. The molecule has 1 aromatic carbocycles. The summed E-state index contributed by atoms with van der Waals surface area (Å²) in [4.78, 5) is 6.88. The fourth-order valence-electron chi connectivity index (χ4n) is 4.10. The minimum Gasteiger partial charge on any atom is -0.494 e. The number of nitrogens with zero attached hydrogens (tertiary/aromatic N) is 7. The summed E-state index contributed by atoms with van der Waals surface area (Å²) >= 11 is 0. The lowest BCUT2D eigenvalue weighted by Gasteiger charge is -2.21. The Morgan fingerprint density at radius 3 is 2.67 bits per heavy atom. The third-order valence-electron chi connectivity index (χ3n) is 5.92. The molecular formula is C25H25N9O2. The van der Waals surface area contributed by atoms with E-state index >= 15 is 0 Å². The lowest BCUT2D eigenvalue weighted by atomic mass is 10.1. The molecule has 0 bridgehead atoms. The van der Waals surface area contributed by atoms with Gasteiger partial charge in [-0.2, -0.15) is 15.5 Å². The number of methoxy groups -OCH3 is 1. The Balaban J connectivity index is 1.56. The molecule has 0 amide bonds. The van der Waals surface area contributed by atoms with E-state index in [0.717, 1.165) is 28.5 Å². The van der Waals surface area contributed by atoms with Crippen LogP contribution in [0.1, 0.15) is 35.7 Å².